The molecule has 3 rings (SSSR count). The van der Waals surface area contributed by atoms with Gasteiger partial charge in [-0.05, 0) is 30.5 Å². The zero-order chi connectivity index (χ0) is 22.2. The van der Waals surface area contributed by atoms with E-state index in [1.54, 1.807) is 13.1 Å². The van der Waals surface area contributed by atoms with E-state index in [9.17, 15) is 9.59 Å². The summed E-state index contributed by atoms with van der Waals surface area (Å²) in [5, 5.41) is 7.31. The number of benzene rings is 2. The summed E-state index contributed by atoms with van der Waals surface area (Å²) in [5.74, 6) is -0.498. The van der Waals surface area contributed by atoms with Crippen molar-refractivity contribution >= 4 is 11.9 Å². The fraction of sp³-hybridized carbons (Fsp3) is 0.292. The first-order chi connectivity index (χ1) is 15.0. The molecule has 162 valence electrons. The first-order valence-corrected chi connectivity index (χ1v) is 10.3. The second-order valence-corrected chi connectivity index (χ2v) is 7.33. The van der Waals surface area contributed by atoms with Gasteiger partial charge in [-0.3, -0.25) is 4.79 Å². The van der Waals surface area contributed by atoms with Gasteiger partial charge in [0.05, 0.1) is 24.5 Å². The van der Waals surface area contributed by atoms with Crippen molar-refractivity contribution in [2.75, 3.05) is 13.2 Å². The molecule has 0 saturated heterocycles. The highest BCUT2D eigenvalue weighted by Crippen LogP contribution is 2.23. The topological polar surface area (TPSA) is 82.4 Å². The van der Waals surface area contributed by atoms with Crippen LogP contribution in [0.3, 0.4) is 0 Å². The molecule has 0 spiro atoms. The molecule has 0 bridgehead atoms. The number of nitrogens with one attached hydrogen (secondary N) is 1. The van der Waals surface area contributed by atoms with Gasteiger partial charge in [-0.15, -0.1) is 0 Å². The minimum Gasteiger partial charge on any atom is -0.480 e. The lowest BCUT2D eigenvalue weighted by Gasteiger charge is -2.23. The molecule has 0 saturated carbocycles. The van der Waals surface area contributed by atoms with Crippen LogP contribution >= 0.6 is 0 Å². The molecule has 1 N–H and O–H groups in total. The third-order valence-electron chi connectivity index (χ3n) is 4.67. The molecule has 0 radical (unpaired) electrons. The Bertz CT molecular complexity index is 1000. The molecule has 31 heavy (non-hydrogen) atoms. The van der Waals surface area contributed by atoms with Crippen molar-refractivity contribution in [1.82, 2.24) is 15.1 Å². The Morgan fingerprint density at radius 3 is 2.29 bits per heavy atom. The average Bonchev–Trinajstić information content (AvgIpc) is 3.22. The first-order valence-electron chi connectivity index (χ1n) is 10.3. The summed E-state index contributed by atoms with van der Waals surface area (Å²) in [5.41, 5.74) is 1.81. The van der Waals surface area contributed by atoms with Crippen molar-refractivity contribution < 1.29 is 19.1 Å². The number of para-hydroxylation sites is 1. The van der Waals surface area contributed by atoms with Gasteiger partial charge in [-0.2, -0.15) is 5.10 Å². The first kappa shape index (κ1) is 22.1. The highest BCUT2D eigenvalue weighted by Gasteiger charge is 2.22. The molecule has 0 aliphatic carbocycles. The van der Waals surface area contributed by atoms with Crippen LogP contribution in [0.25, 0.3) is 5.69 Å². The Labute approximate surface area is 182 Å². The lowest BCUT2D eigenvalue weighted by molar-refractivity contribution is -0.124. The number of hydrogen-bond donors (Lipinski definition) is 1. The van der Waals surface area contributed by atoms with E-state index in [0.29, 0.717) is 0 Å². The minimum atomic E-state index is -0.600. The largest absolute Gasteiger partial charge is 0.480 e. The van der Waals surface area contributed by atoms with Gasteiger partial charge in [-0.1, -0.05) is 62.4 Å². The quantitative estimate of drug-likeness (QED) is 0.529. The van der Waals surface area contributed by atoms with Crippen LogP contribution in [-0.4, -0.2) is 34.9 Å². The van der Waals surface area contributed by atoms with Gasteiger partial charge < -0.3 is 14.8 Å². The Hall–Kier alpha value is -3.61. The molecule has 1 heterocycles. The smallest absolute Gasteiger partial charge is 0.362 e. The standard InChI is InChI=1S/C24H27N3O4/c1-4-30-24(29)23-20(15-27(26-23)19-13-9-6-10-14-19)31-16-21(28)25-22(17(2)3)18-11-7-5-8-12-18/h5-15,17,22H,4,16H2,1-3H3,(H,25,28). The van der Waals surface area contributed by atoms with Gasteiger partial charge in [0.1, 0.15) is 0 Å². The molecule has 1 unspecified atom stereocenters. The molecule has 7 heteroatoms. The number of aromatic nitrogens is 2. The van der Waals surface area contributed by atoms with Crippen molar-refractivity contribution in [1.29, 1.82) is 0 Å². The van der Waals surface area contributed by atoms with E-state index in [0.717, 1.165) is 11.3 Å². The molecule has 2 aromatic carbocycles. The molecular weight excluding hydrogens is 394 g/mol. The number of carbonyl (C=O) groups excluding carboxylic acids is 2. The highest BCUT2D eigenvalue weighted by molar-refractivity contribution is 5.90. The van der Waals surface area contributed by atoms with E-state index in [2.05, 4.69) is 10.4 Å². The van der Waals surface area contributed by atoms with Crippen LogP contribution in [0.5, 0.6) is 5.75 Å². The summed E-state index contributed by atoms with van der Waals surface area (Å²) < 4.78 is 12.3. The maximum Gasteiger partial charge on any atom is 0.362 e. The second-order valence-electron chi connectivity index (χ2n) is 7.33. The van der Waals surface area contributed by atoms with Crippen LogP contribution in [0, 0.1) is 5.92 Å². The summed E-state index contributed by atoms with van der Waals surface area (Å²) in [6, 6.07) is 19.0. The summed E-state index contributed by atoms with van der Waals surface area (Å²) >= 11 is 0. The maximum absolute atomic E-state index is 12.6. The predicted octanol–water partition coefficient (Wildman–Crippen LogP) is 3.94. The molecule has 0 aliphatic rings. The van der Waals surface area contributed by atoms with Crippen molar-refractivity contribution in [2.24, 2.45) is 5.92 Å². The summed E-state index contributed by atoms with van der Waals surface area (Å²) in [4.78, 5) is 24.9. The van der Waals surface area contributed by atoms with E-state index in [-0.39, 0.29) is 42.5 Å². The lowest BCUT2D eigenvalue weighted by Crippen LogP contribution is -2.35. The Morgan fingerprint density at radius 2 is 1.68 bits per heavy atom. The van der Waals surface area contributed by atoms with Gasteiger partial charge >= 0.3 is 5.97 Å². The Balaban J connectivity index is 1.74. The van der Waals surface area contributed by atoms with Crippen LogP contribution < -0.4 is 10.1 Å². The fourth-order valence-corrected chi connectivity index (χ4v) is 3.17. The van der Waals surface area contributed by atoms with Crippen molar-refractivity contribution in [2.45, 2.75) is 26.8 Å². The van der Waals surface area contributed by atoms with Crippen LogP contribution in [0.1, 0.15) is 42.9 Å². The average molecular weight is 421 g/mol. The fourth-order valence-electron chi connectivity index (χ4n) is 3.17. The zero-order valence-corrected chi connectivity index (χ0v) is 17.9. The van der Waals surface area contributed by atoms with Gasteiger partial charge in [0.25, 0.3) is 5.91 Å². The van der Waals surface area contributed by atoms with Gasteiger partial charge in [0, 0.05) is 0 Å². The van der Waals surface area contributed by atoms with Crippen LogP contribution in [-0.2, 0) is 9.53 Å². The number of amides is 1. The summed E-state index contributed by atoms with van der Waals surface area (Å²) in [7, 11) is 0. The minimum absolute atomic E-state index is 0.0296. The second kappa shape index (κ2) is 10.4. The van der Waals surface area contributed by atoms with Crippen molar-refractivity contribution in [3.63, 3.8) is 0 Å². The molecule has 0 fully saturated rings. The number of hydrogen-bond acceptors (Lipinski definition) is 5. The molecule has 3 aromatic rings. The van der Waals surface area contributed by atoms with Crippen molar-refractivity contribution in [3.05, 3.63) is 78.1 Å². The SMILES string of the molecule is CCOC(=O)c1nn(-c2ccccc2)cc1OCC(=O)NC(c1ccccc1)C(C)C. The molecule has 1 atom stereocenters. The molecular formula is C24H27N3O4. The number of esters is 1. The van der Waals surface area contributed by atoms with E-state index in [1.165, 1.54) is 4.68 Å². The molecule has 1 aromatic heterocycles. The Kier molecular flexibility index (Phi) is 7.43. The van der Waals surface area contributed by atoms with Crippen LogP contribution in [0.2, 0.25) is 0 Å². The number of ether oxygens (including phenoxy) is 2. The molecule has 7 nitrogen and oxygen atoms in total. The molecule has 0 aliphatic heterocycles. The molecule has 1 amide bonds. The van der Waals surface area contributed by atoms with E-state index in [4.69, 9.17) is 9.47 Å². The van der Waals surface area contributed by atoms with Crippen LogP contribution in [0.4, 0.5) is 0 Å². The van der Waals surface area contributed by atoms with Gasteiger partial charge in [0.2, 0.25) is 5.69 Å². The summed E-state index contributed by atoms with van der Waals surface area (Å²) in [6.07, 6.45) is 1.58. The number of nitrogens with zero attached hydrogens (tertiary/aromatic N) is 2. The number of carbonyl (C=O) groups is 2. The van der Waals surface area contributed by atoms with E-state index in [1.807, 2.05) is 74.5 Å². The van der Waals surface area contributed by atoms with Gasteiger partial charge in [-0.25, -0.2) is 9.48 Å². The third kappa shape index (κ3) is 5.72. The third-order valence-corrected chi connectivity index (χ3v) is 4.67. The lowest BCUT2D eigenvalue weighted by atomic mass is 9.96. The van der Waals surface area contributed by atoms with Gasteiger partial charge in [0.15, 0.2) is 12.4 Å². The van der Waals surface area contributed by atoms with Crippen molar-refractivity contribution in [3.8, 4) is 11.4 Å². The van der Waals surface area contributed by atoms with Crippen LogP contribution in [0.15, 0.2) is 66.9 Å². The number of rotatable bonds is 9. The van der Waals surface area contributed by atoms with E-state index < -0.39 is 5.97 Å². The summed E-state index contributed by atoms with van der Waals surface area (Å²) in [6.45, 7) is 5.77. The monoisotopic (exact) mass is 421 g/mol. The normalized spacial score (nSPS) is 11.7. The van der Waals surface area contributed by atoms with E-state index >= 15 is 0 Å². The zero-order valence-electron chi connectivity index (χ0n) is 17.9. The predicted molar refractivity (Wildman–Crippen MR) is 117 cm³/mol. The Morgan fingerprint density at radius 1 is 1.03 bits per heavy atom. The highest BCUT2D eigenvalue weighted by atomic mass is 16.5. The maximum atomic E-state index is 12.6.